The quantitative estimate of drug-likeness (QED) is 0.877. The van der Waals surface area contributed by atoms with E-state index in [1.807, 2.05) is 0 Å². The number of halogens is 3. The summed E-state index contributed by atoms with van der Waals surface area (Å²) in [5.74, 6) is -1.96. The SMILES string of the molecule is Cn1ncc(-c2cc(CF)cc(F)c2F)c1N. The zero-order valence-electron chi connectivity index (χ0n) is 9.04. The lowest BCUT2D eigenvalue weighted by molar-refractivity contribution is 0.473. The molecule has 1 aromatic heterocycles. The molecule has 1 heterocycles. The Hall–Kier alpha value is -1.98. The van der Waals surface area contributed by atoms with Gasteiger partial charge in [0.2, 0.25) is 0 Å². The maximum Gasteiger partial charge on any atom is 0.166 e. The maximum absolute atomic E-state index is 13.6. The molecule has 0 fully saturated rings. The van der Waals surface area contributed by atoms with E-state index in [1.54, 1.807) is 7.05 Å². The van der Waals surface area contributed by atoms with Crippen LogP contribution in [0.2, 0.25) is 0 Å². The van der Waals surface area contributed by atoms with Gasteiger partial charge in [-0.3, -0.25) is 4.68 Å². The highest BCUT2D eigenvalue weighted by atomic mass is 19.2. The summed E-state index contributed by atoms with van der Waals surface area (Å²) in [7, 11) is 1.58. The average molecular weight is 241 g/mol. The molecule has 0 saturated carbocycles. The number of aromatic nitrogens is 2. The Morgan fingerprint density at radius 2 is 2.00 bits per heavy atom. The number of rotatable bonds is 2. The van der Waals surface area contributed by atoms with E-state index in [9.17, 15) is 13.2 Å². The van der Waals surface area contributed by atoms with Crippen LogP contribution in [0.5, 0.6) is 0 Å². The average Bonchev–Trinajstić information content (AvgIpc) is 2.64. The first-order valence-electron chi connectivity index (χ1n) is 4.86. The van der Waals surface area contributed by atoms with Crippen LogP contribution in [0.15, 0.2) is 18.3 Å². The van der Waals surface area contributed by atoms with Crippen LogP contribution in [0, 0.1) is 11.6 Å². The van der Waals surface area contributed by atoms with E-state index in [-0.39, 0.29) is 22.5 Å². The fourth-order valence-corrected chi connectivity index (χ4v) is 1.57. The van der Waals surface area contributed by atoms with Crippen molar-refractivity contribution in [1.29, 1.82) is 0 Å². The molecule has 0 radical (unpaired) electrons. The Morgan fingerprint density at radius 3 is 2.53 bits per heavy atom. The smallest absolute Gasteiger partial charge is 0.166 e. The second-order valence-corrected chi connectivity index (χ2v) is 3.64. The molecule has 0 bridgehead atoms. The predicted octanol–water partition coefficient (Wildman–Crippen LogP) is 2.42. The second-order valence-electron chi connectivity index (χ2n) is 3.64. The number of hydrogen-bond donors (Lipinski definition) is 1. The largest absolute Gasteiger partial charge is 0.383 e. The summed E-state index contributed by atoms with van der Waals surface area (Å²) >= 11 is 0. The number of nitrogens with zero attached hydrogens (tertiary/aromatic N) is 2. The first kappa shape index (κ1) is 11.5. The maximum atomic E-state index is 13.6. The number of nitrogens with two attached hydrogens (primary N) is 1. The molecule has 0 amide bonds. The Balaban J connectivity index is 2.66. The molecule has 0 aliphatic heterocycles. The Labute approximate surface area is 95.7 Å². The van der Waals surface area contributed by atoms with E-state index in [4.69, 9.17) is 5.73 Å². The van der Waals surface area contributed by atoms with Crippen LogP contribution < -0.4 is 5.73 Å². The predicted molar refractivity (Wildman–Crippen MR) is 57.8 cm³/mol. The van der Waals surface area contributed by atoms with Crippen LogP contribution in [0.4, 0.5) is 19.0 Å². The third kappa shape index (κ3) is 1.86. The van der Waals surface area contributed by atoms with Crippen LogP contribution >= 0.6 is 0 Å². The molecule has 0 unspecified atom stereocenters. The van der Waals surface area contributed by atoms with Gasteiger partial charge in [-0.15, -0.1) is 0 Å². The highest BCUT2D eigenvalue weighted by Crippen LogP contribution is 2.30. The fourth-order valence-electron chi connectivity index (χ4n) is 1.57. The standard InChI is InChI=1S/C11H10F3N3/c1-17-11(15)8(5-16-17)7-2-6(4-12)3-9(13)10(7)14/h2-3,5H,4,15H2,1H3. The minimum Gasteiger partial charge on any atom is -0.383 e. The lowest BCUT2D eigenvalue weighted by atomic mass is 10.0. The number of alkyl halides is 1. The van der Waals surface area contributed by atoms with Gasteiger partial charge in [-0.05, 0) is 17.7 Å². The number of anilines is 1. The van der Waals surface area contributed by atoms with Crippen molar-refractivity contribution in [3.8, 4) is 11.1 Å². The Morgan fingerprint density at radius 1 is 1.29 bits per heavy atom. The molecule has 90 valence electrons. The molecule has 2 rings (SSSR count). The van der Waals surface area contributed by atoms with Crippen LogP contribution in [-0.2, 0) is 13.7 Å². The van der Waals surface area contributed by atoms with Gasteiger partial charge in [-0.2, -0.15) is 5.10 Å². The lowest BCUT2D eigenvalue weighted by Crippen LogP contribution is -1.99. The minimum atomic E-state index is -1.10. The number of hydrogen-bond acceptors (Lipinski definition) is 2. The molecule has 0 aliphatic carbocycles. The molecule has 0 spiro atoms. The molecule has 6 heteroatoms. The van der Waals surface area contributed by atoms with E-state index in [1.165, 1.54) is 16.9 Å². The summed E-state index contributed by atoms with van der Waals surface area (Å²) in [5.41, 5.74) is 5.89. The van der Waals surface area contributed by atoms with Crippen LogP contribution in [0.1, 0.15) is 5.56 Å². The zero-order chi connectivity index (χ0) is 12.6. The molecule has 0 aliphatic rings. The summed E-state index contributed by atoms with van der Waals surface area (Å²) in [6, 6.07) is 2.05. The van der Waals surface area contributed by atoms with Crippen molar-refractivity contribution in [2.24, 2.45) is 7.05 Å². The van der Waals surface area contributed by atoms with Crippen LogP contribution in [0.3, 0.4) is 0 Å². The van der Waals surface area contributed by atoms with Gasteiger partial charge < -0.3 is 5.73 Å². The highest BCUT2D eigenvalue weighted by molar-refractivity contribution is 5.74. The van der Waals surface area contributed by atoms with E-state index in [2.05, 4.69) is 5.10 Å². The number of benzene rings is 1. The summed E-state index contributed by atoms with van der Waals surface area (Å²) < 4.78 is 40.7. The topological polar surface area (TPSA) is 43.8 Å². The zero-order valence-corrected chi connectivity index (χ0v) is 9.04. The summed E-state index contributed by atoms with van der Waals surface area (Å²) in [4.78, 5) is 0. The molecule has 0 atom stereocenters. The molecule has 0 saturated heterocycles. The number of aryl methyl sites for hydroxylation is 1. The van der Waals surface area contributed by atoms with Crippen molar-refractivity contribution < 1.29 is 13.2 Å². The van der Waals surface area contributed by atoms with Crippen molar-refractivity contribution in [2.45, 2.75) is 6.67 Å². The van der Waals surface area contributed by atoms with Crippen molar-refractivity contribution in [3.05, 3.63) is 35.5 Å². The third-order valence-electron chi connectivity index (χ3n) is 2.52. The summed E-state index contributed by atoms with van der Waals surface area (Å²) in [5, 5.41) is 3.83. The lowest BCUT2D eigenvalue weighted by Gasteiger charge is -2.05. The third-order valence-corrected chi connectivity index (χ3v) is 2.52. The van der Waals surface area contributed by atoms with E-state index < -0.39 is 18.3 Å². The van der Waals surface area contributed by atoms with Crippen molar-refractivity contribution in [1.82, 2.24) is 9.78 Å². The van der Waals surface area contributed by atoms with Gasteiger partial charge in [0.25, 0.3) is 0 Å². The van der Waals surface area contributed by atoms with Gasteiger partial charge in [-0.25, -0.2) is 13.2 Å². The first-order chi connectivity index (χ1) is 8.04. The van der Waals surface area contributed by atoms with Crippen molar-refractivity contribution >= 4 is 5.82 Å². The molecular formula is C11H10F3N3. The van der Waals surface area contributed by atoms with Crippen molar-refractivity contribution in [2.75, 3.05) is 5.73 Å². The molecule has 17 heavy (non-hydrogen) atoms. The molecule has 2 N–H and O–H groups in total. The van der Waals surface area contributed by atoms with Crippen molar-refractivity contribution in [3.63, 3.8) is 0 Å². The summed E-state index contributed by atoms with van der Waals surface area (Å²) in [6.07, 6.45) is 1.31. The van der Waals surface area contributed by atoms with Gasteiger partial charge in [0, 0.05) is 18.2 Å². The first-order valence-corrected chi connectivity index (χ1v) is 4.86. The summed E-state index contributed by atoms with van der Waals surface area (Å²) in [6.45, 7) is -0.871. The minimum absolute atomic E-state index is 0.0575. The normalized spacial score (nSPS) is 10.8. The van der Waals surface area contributed by atoms with Gasteiger partial charge in [0.15, 0.2) is 11.6 Å². The fraction of sp³-hybridized carbons (Fsp3) is 0.182. The Bertz CT molecular complexity index is 563. The van der Waals surface area contributed by atoms with Gasteiger partial charge >= 0.3 is 0 Å². The van der Waals surface area contributed by atoms with Crippen LogP contribution in [0.25, 0.3) is 11.1 Å². The van der Waals surface area contributed by atoms with Gasteiger partial charge in [0.05, 0.1) is 6.20 Å². The van der Waals surface area contributed by atoms with E-state index in [0.29, 0.717) is 0 Å². The molecular weight excluding hydrogens is 231 g/mol. The molecule has 3 nitrogen and oxygen atoms in total. The van der Waals surface area contributed by atoms with E-state index >= 15 is 0 Å². The van der Waals surface area contributed by atoms with Crippen LogP contribution in [-0.4, -0.2) is 9.78 Å². The van der Waals surface area contributed by atoms with Gasteiger partial charge in [-0.1, -0.05) is 0 Å². The second kappa shape index (κ2) is 4.12. The number of nitrogen functional groups attached to an aromatic ring is 1. The molecule has 2 aromatic rings. The highest BCUT2D eigenvalue weighted by Gasteiger charge is 2.16. The van der Waals surface area contributed by atoms with Gasteiger partial charge in [0.1, 0.15) is 12.5 Å². The molecule has 1 aromatic carbocycles. The van der Waals surface area contributed by atoms with E-state index in [0.717, 1.165) is 6.07 Å². The Kier molecular flexibility index (Phi) is 2.79. The monoisotopic (exact) mass is 241 g/mol.